The Bertz CT molecular complexity index is 815. The second-order valence-electron chi connectivity index (χ2n) is 6.29. The quantitative estimate of drug-likeness (QED) is 0.560. The summed E-state index contributed by atoms with van der Waals surface area (Å²) in [7, 11) is 0. The fourth-order valence-electron chi connectivity index (χ4n) is 3.03. The summed E-state index contributed by atoms with van der Waals surface area (Å²) in [5, 5.41) is 6.00. The molecule has 11 heteroatoms. The van der Waals surface area contributed by atoms with Gasteiger partial charge in [-0.05, 0) is 37.1 Å². The normalized spacial score (nSPS) is 19.6. The Morgan fingerprint density at radius 3 is 2.50 bits per heavy atom. The second-order valence-corrected chi connectivity index (χ2v) is 6.73. The highest BCUT2D eigenvalue weighted by atomic mass is 35.5. The first-order valence-electron chi connectivity index (χ1n) is 8.64. The average molecular weight is 408 g/mol. The SMILES string of the molecule is O=C[C@@H]1CCCN2C(=O)CCN(NC(=O)C(=O)Nc3ccc(Cl)cc3)C(=O)N12. The molecule has 10 nitrogen and oxygen atoms in total. The minimum atomic E-state index is -1.08. The van der Waals surface area contributed by atoms with Crippen molar-refractivity contribution < 1.29 is 24.0 Å². The molecule has 2 aliphatic heterocycles. The number of rotatable bonds is 3. The largest absolute Gasteiger partial charge is 0.358 e. The van der Waals surface area contributed by atoms with Crippen LogP contribution in [0.4, 0.5) is 10.5 Å². The molecule has 2 saturated heterocycles. The van der Waals surface area contributed by atoms with Gasteiger partial charge in [0.1, 0.15) is 12.3 Å². The molecule has 0 unspecified atom stereocenters. The van der Waals surface area contributed by atoms with Crippen LogP contribution in [0.15, 0.2) is 24.3 Å². The van der Waals surface area contributed by atoms with Crippen LogP contribution in [0.2, 0.25) is 5.02 Å². The van der Waals surface area contributed by atoms with E-state index in [-0.39, 0.29) is 18.9 Å². The summed E-state index contributed by atoms with van der Waals surface area (Å²) < 4.78 is 0. The molecule has 148 valence electrons. The molecule has 2 N–H and O–H groups in total. The van der Waals surface area contributed by atoms with Crippen LogP contribution in [0, 0.1) is 0 Å². The predicted molar refractivity (Wildman–Crippen MR) is 97.6 cm³/mol. The monoisotopic (exact) mass is 407 g/mol. The van der Waals surface area contributed by atoms with Crippen molar-refractivity contribution in [1.29, 1.82) is 0 Å². The van der Waals surface area contributed by atoms with Crippen LogP contribution in [0.1, 0.15) is 19.3 Å². The van der Waals surface area contributed by atoms with Gasteiger partial charge in [0, 0.05) is 23.7 Å². The maximum atomic E-state index is 12.8. The minimum Gasteiger partial charge on any atom is -0.318 e. The van der Waals surface area contributed by atoms with E-state index in [2.05, 4.69) is 10.7 Å². The Balaban J connectivity index is 1.70. The molecule has 1 atom stereocenters. The number of carbonyl (C=O) groups excluding carboxylic acids is 5. The molecule has 0 spiro atoms. The van der Waals surface area contributed by atoms with Crippen molar-refractivity contribution in [1.82, 2.24) is 20.5 Å². The summed E-state index contributed by atoms with van der Waals surface area (Å²) in [4.78, 5) is 60.7. The average Bonchev–Trinajstić information content (AvgIpc) is 2.81. The third-order valence-electron chi connectivity index (χ3n) is 4.41. The molecule has 2 heterocycles. The van der Waals surface area contributed by atoms with E-state index < -0.39 is 23.9 Å². The number of aldehydes is 1. The van der Waals surface area contributed by atoms with Gasteiger partial charge < -0.3 is 10.1 Å². The maximum Gasteiger partial charge on any atom is 0.358 e. The molecule has 2 fully saturated rings. The molecule has 1 aromatic carbocycles. The molecule has 0 bridgehead atoms. The van der Waals surface area contributed by atoms with Crippen LogP contribution < -0.4 is 10.7 Å². The summed E-state index contributed by atoms with van der Waals surface area (Å²) in [6, 6.07) is 4.58. The van der Waals surface area contributed by atoms with Gasteiger partial charge in [-0.1, -0.05) is 11.6 Å². The number of hydrogen-bond donors (Lipinski definition) is 2. The summed E-state index contributed by atoms with van der Waals surface area (Å²) in [6.45, 7) is 0.198. The van der Waals surface area contributed by atoms with Crippen molar-refractivity contribution in [2.45, 2.75) is 25.3 Å². The molecule has 0 aromatic heterocycles. The van der Waals surface area contributed by atoms with E-state index in [1.807, 2.05) is 0 Å². The van der Waals surface area contributed by atoms with Crippen molar-refractivity contribution in [2.24, 2.45) is 0 Å². The van der Waals surface area contributed by atoms with E-state index in [9.17, 15) is 24.0 Å². The maximum absolute atomic E-state index is 12.8. The minimum absolute atomic E-state index is 0.0487. The van der Waals surface area contributed by atoms with Crippen LogP contribution >= 0.6 is 11.6 Å². The van der Waals surface area contributed by atoms with E-state index in [1.165, 1.54) is 17.1 Å². The van der Waals surface area contributed by atoms with Gasteiger partial charge in [0.15, 0.2) is 0 Å². The lowest BCUT2D eigenvalue weighted by atomic mass is 10.1. The van der Waals surface area contributed by atoms with Crippen LogP contribution in [-0.4, -0.2) is 64.2 Å². The van der Waals surface area contributed by atoms with Gasteiger partial charge in [-0.25, -0.2) is 19.8 Å². The van der Waals surface area contributed by atoms with Crippen molar-refractivity contribution in [3.8, 4) is 0 Å². The lowest BCUT2D eigenvalue weighted by Crippen LogP contribution is -2.62. The zero-order valence-corrected chi connectivity index (χ0v) is 15.5. The lowest BCUT2D eigenvalue weighted by molar-refractivity contribution is -0.151. The zero-order valence-electron chi connectivity index (χ0n) is 14.8. The fourth-order valence-corrected chi connectivity index (χ4v) is 3.15. The number of urea groups is 1. The summed E-state index contributed by atoms with van der Waals surface area (Å²) in [5.41, 5.74) is 2.56. The van der Waals surface area contributed by atoms with Crippen LogP contribution in [0.3, 0.4) is 0 Å². The fraction of sp³-hybridized carbons (Fsp3) is 0.353. The molecule has 5 amide bonds. The number of hydrazine groups is 2. The highest BCUT2D eigenvalue weighted by molar-refractivity contribution is 6.39. The topological polar surface area (TPSA) is 119 Å². The zero-order chi connectivity index (χ0) is 20.3. The standard InChI is InChI=1S/C17H18ClN5O5/c18-11-3-5-12(6-4-11)19-15(26)16(27)20-21-9-7-14(25)22-8-1-2-13(10-24)23(22)17(21)28/h3-6,10,13H,1-2,7-9H2,(H,19,26)(H,20,27)/t13-/m0/s1. The number of halogens is 1. The van der Waals surface area contributed by atoms with Crippen molar-refractivity contribution in [3.63, 3.8) is 0 Å². The summed E-state index contributed by atoms with van der Waals surface area (Å²) in [6.07, 6.45) is 1.55. The first kappa shape index (κ1) is 19.6. The molecular weight excluding hydrogens is 390 g/mol. The molecule has 3 rings (SSSR count). The van der Waals surface area contributed by atoms with Crippen molar-refractivity contribution >= 4 is 47.3 Å². The number of benzene rings is 1. The van der Waals surface area contributed by atoms with E-state index in [1.54, 1.807) is 12.1 Å². The number of fused-ring (bicyclic) bond motifs is 1. The Morgan fingerprint density at radius 2 is 1.82 bits per heavy atom. The highest BCUT2D eigenvalue weighted by Crippen LogP contribution is 2.22. The van der Waals surface area contributed by atoms with Gasteiger partial charge in [-0.2, -0.15) is 0 Å². The molecule has 0 radical (unpaired) electrons. The van der Waals surface area contributed by atoms with E-state index in [4.69, 9.17) is 11.6 Å². The van der Waals surface area contributed by atoms with Gasteiger partial charge in [0.05, 0.1) is 6.54 Å². The van der Waals surface area contributed by atoms with E-state index in [0.29, 0.717) is 36.4 Å². The molecule has 0 aliphatic carbocycles. The van der Waals surface area contributed by atoms with Gasteiger partial charge in [0.25, 0.3) is 0 Å². The second kappa shape index (κ2) is 8.26. The van der Waals surface area contributed by atoms with Gasteiger partial charge in [0.2, 0.25) is 5.91 Å². The van der Waals surface area contributed by atoms with E-state index in [0.717, 1.165) is 10.0 Å². The third kappa shape index (κ3) is 4.06. The number of anilines is 1. The number of hydrogen-bond acceptors (Lipinski definition) is 5. The molecule has 0 saturated carbocycles. The first-order chi connectivity index (χ1) is 13.4. The number of nitrogens with zero attached hydrogens (tertiary/aromatic N) is 3. The van der Waals surface area contributed by atoms with Crippen LogP contribution in [0.5, 0.6) is 0 Å². The number of amides is 5. The van der Waals surface area contributed by atoms with Gasteiger partial charge in [-0.15, -0.1) is 0 Å². The molecule has 2 aliphatic rings. The Hall–Kier alpha value is -3.14. The Labute approximate surface area is 165 Å². The number of nitrogens with one attached hydrogen (secondary N) is 2. The summed E-state index contributed by atoms with van der Waals surface area (Å²) >= 11 is 5.77. The predicted octanol–water partition coefficient (Wildman–Crippen LogP) is 0.542. The molecular formula is C17H18ClN5O5. The highest BCUT2D eigenvalue weighted by Gasteiger charge is 2.41. The van der Waals surface area contributed by atoms with Crippen molar-refractivity contribution in [3.05, 3.63) is 29.3 Å². The first-order valence-corrected chi connectivity index (χ1v) is 9.02. The smallest absolute Gasteiger partial charge is 0.318 e. The molecule has 28 heavy (non-hydrogen) atoms. The van der Waals surface area contributed by atoms with E-state index >= 15 is 0 Å². The van der Waals surface area contributed by atoms with Gasteiger partial charge >= 0.3 is 17.8 Å². The Morgan fingerprint density at radius 1 is 1.11 bits per heavy atom. The number of carbonyl (C=O) groups is 5. The third-order valence-corrected chi connectivity index (χ3v) is 4.66. The molecule has 1 aromatic rings. The van der Waals surface area contributed by atoms with Crippen LogP contribution in [0.25, 0.3) is 0 Å². The Kier molecular flexibility index (Phi) is 5.78. The lowest BCUT2D eigenvalue weighted by Gasteiger charge is -2.41. The van der Waals surface area contributed by atoms with Crippen LogP contribution in [-0.2, 0) is 19.2 Å². The summed E-state index contributed by atoms with van der Waals surface area (Å²) in [5.74, 6) is -2.40. The van der Waals surface area contributed by atoms with Gasteiger partial charge in [-0.3, -0.25) is 19.8 Å². The van der Waals surface area contributed by atoms with Crippen molar-refractivity contribution in [2.75, 3.05) is 18.4 Å².